The summed E-state index contributed by atoms with van der Waals surface area (Å²) in [6.07, 6.45) is 1.85. The smallest absolute Gasteiger partial charge is 0.124 e. The molecule has 0 saturated carbocycles. The quantitative estimate of drug-likeness (QED) is 0.708. The Morgan fingerprint density at radius 2 is 1.79 bits per heavy atom. The fourth-order valence-electron chi connectivity index (χ4n) is 2.62. The van der Waals surface area contributed by atoms with Crippen molar-refractivity contribution in [2.24, 2.45) is 0 Å². The maximum Gasteiger partial charge on any atom is 0.124 e. The summed E-state index contributed by atoms with van der Waals surface area (Å²) in [7, 11) is 0. The van der Waals surface area contributed by atoms with Crippen molar-refractivity contribution in [2.75, 3.05) is 13.2 Å². The molecule has 3 nitrogen and oxygen atoms in total. The summed E-state index contributed by atoms with van der Waals surface area (Å²) >= 11 is 0. The first-order chi connectivity index (χ1) is 11.7. The first-order valence-electron chi connectivity index (χ1n) is 8.09. The van der Waals surface area contributed by atoms with E-state index in [0.29, 0.717) is 19.7 Å². The van der Waals surface area contributed by atoms with E-state index in [1.54, 1.807) is 12.1 Å². The van der Waals surface area contributed by atoms with Crippen LogP contribution in [0, 0.1) is 5.82 Å². The lowest BCUT2D eigenvalue weighted by Gasteiger charge is -2.21. The maximum absolute atomic E-state index is 13.0. The summed E-state index contributed by atoms with van der Waals surface area (Å²) in [6, 6.07) is 12.4. The minimum Gasteiger partial charge on any atom is -0.494 e. The molecule has 0 spiro atoms. The average molecular weight is 329 g/mol. The molecule has 0 aromatic heterocycles. The number of halogens is 1. The monoisotopic (exact) mass is 329 g/mol. The van der Waals surface area contributed by atoms with Gasteiger partial charge in [0.25, 0.3) is 0 Å². The Morgan fingerprint density at radius 1 is 1.12 bits per heavy atom. The number of rotatable bonds is 9. The average Bonchev–Trinajstić information content (AvgIpc) is 2.58. The van der Waals surface area contributed by atoms with E-state index in [-0.39, 0.29) is 12.4 Å². The van der Waals surface area contributed by atoms with Gasteiger partial charge in [0.05, 0.1) is 13.2 Å². The lowest BCUT2D eigenvalue weighted by atomic mass is 10.1. The molecule has 0 amide bonds. The molecule has 4 heteroatoms. The van der Waals surface area contributed by atoms with E-state index in [1.165, 1.54) is 12.1 Å². The van der Waals surface area contributed by atoms with E-state index in [4.69, 9.17) is 4.74 Å². The summed E-state index contributed by atoms with van der Waals surface area (Å²) < 4.78 is 18.6. The fraction of sp³-hybridized carbons (Fsp3) is 0.300. The summed E-state index contributed by atoms with van der Waals surface area (Å²) in [6.45, 7) is 8.38. The molecule has 0 fully saturated rings. The Hall–Kier alpha value is -2.17. The molecular weight excluding hydrogens is 305 g/mol. The molecule has 128 valence electrons. The van der Waals surface area contributed by atoms with Crippen molar-refractivity contribution in [3.63, 3.8) is 0 Å². The number of ether oxygens (including phenoxy) is 1. The molecule has 2 aromatic rings. The van der Waals surface area contributed by atoms with E-state index >= 15 is 0 Å². The lowest BCUT2D eigenvalue weighted by Crippen LogP contribution is -2.23. The van der Waals surface area contributed by atoms with E-state index in [2.05, 4.69) is 11.5 Å². The van der Waals surface area contributed by atoms with Crippen LogP contribution in [0.1, 0.15) is 23.6 Å². The summed E-state index contributed by atoms with van der Waals surface area (Å²) in [4.78, 5) is 2.21. The molecule has 0 unspecified atom stereocenters. The van der Waals surface area contributed by atoms with Crippen molar-refractivity contribution in [3.05, 3.63) is 77.6 Å². The van der Waals surface area contributed by atoms with Crippen LogP contribution in [0.15, 0.2) is 55.1 Å². The molecular formula is C20H24FNO2. The standard InChI is InChI=1S/C20H24FNO2/c1-3-11-22(13-16-5-8-19(21)9-6-16)14-17-7-10-20(24-4-2)18(12-17)15-23/h3,5-10,12,23H,1,4,11,13-15H2,2H3. The first-order valence-corrected chi connectivity index (χ1v) is 8.09. The van der Waals surface area contributed by atoms with Gasteiger partial charge in [0.1, 0.15) is 11.6 Å². The number of aliphatic hydroxyl groups is 1. The van der Waals surface area contributed by atoms with Gasteiger partial charge in [-0.1, -0.05) is 24.3 Å². The van der Waals surface area contributed by atoms with Crippen LogP contribution in [-0.2, 0) is 19.7 Å². The van der Waals surface area contributed by atoms with Gasteiger partial charge in [0, 0.05) is 25.2 Å². The lowest BCUT2D eigenvalue weighted by molar-refractivity contribution is 0.264. The summed E-state index contributed by atoms with van der Waals surface area (Å²) in [5, 5.41) is 9.52. The van der Waals surface area contributed by atoms with Gasteiger partial charge in [-0.05, 0) is 42.3 Å². The third kappa shape index (κ3) is 5.18. The van der Waals surface area contributed by atoms with Crippen LogP contribution in [0.2, 0.25) is 0 Å². The predicted molar refractivity (Wildman–Crippen MR) is 94.2 cm³/mol. The highest BCUT2D eigenvalue weighted by Crippen LogP contribution is 2.22. The van der Waals surface area contributed by atoms with Gasteiger partial charge in [0.15, 0.2) is 0 Å². The van der Waals surface area contributed by atoms with Crippen molar-refractivity contribution >= 4 is 0 Å². The van der Waals surface area contributed by atoms with E-state index in [9.17, 15) is 9.50 Å². The van der Waals surface area contributed by atoms with E-state index in [0.717, 1.165) is 29.0 Å². The third-order valence-corrected chi connectivity index (χ3v) is 3.71. The molecule has 0 atom stereocenters. The number of aliphatic hydroxyl groups excluding tert-OH is 1. The van der Waals surface area contributed by atoms with Crippen LogP contribution in [0.5, 0.6) is 5.75 Å². The number of benzene rings is 2. The van der Waals surface area contributed by atoms with Gasteiger partial charge < -0.3 is 9.84 Å². The topological polar surface area (TPSA) is 32.7 Å². The molecule has 24 heavy (non-hydrogen) atoms. The summed E-state index contributed by atoms with van der Waals surface area (Å²) in [5.74, 6) is 0.491. The Labute approximate surface area is 143 Å². The zero-order valence-corrected chi connectivity index (χ0v) is 14.0. The van der Waals surface area contributed by atoms with E-state index < -0.39 is 0 Å². The molecule has 1 N–H and O–H groups in total. The molecule has 0 aliphatic rings. The SMILES string of the molecule is C=CCN(Cc1ccc(F)cc1)Cc1ccc(OCC)c(CO)c1. The van der Waals surface area contributed by atoms with Gasteiger partial charge in [-0.25, -0.2) is 4.39 Å². The Kier molecular flexibility index (Phi) is 6.97. The van der Waals surface area contributed by atoms with Crippen LogP contribution in [-0.4, -0.2) is 23.2 Å². The van der Waals surface area contributed by atoms with Gasteiger partial charge in [0.2, 0.25) is 0 Å². The highest BCUT2D eigenvalue weighted by molar-refractivity contribution is 5.37. The van der Waals surface area contributed by atoms with Crippen LogP contribution < -0.4 is 4.74 Å². The predicted octanol–water partition coefficient (Wildman–Crippen LogP) is 3.90. The summed E-state index contributed by atoms with van der Waals surface area (Å²) in [5.41, 5.74) is 2.92. The zero-order valence-electron chi connectivity index (χ0n) is 14.0. The largest absolute Gasteiger partial charge is 0.494 e. The normalized spacial score (nSPS) is 10.8. The van der Waals surface area contributed by atoms with Gasteiger partial charge in [-0.2, -0.15) is 0 Å². The fourth-order valence-corrected chi connectivity index (χ4v) is 2.62. The highest BCUT2D eigenvalue weighted by Gasteiger charge is 2.09. The first kappa shape index (κ1) is 18.2. The highest BCUT2D eigenvalue weighted by atomic mass is 19.1. The molecule has 2 aromatic carbocycles. The second kappa shape index (κ2) is 9.21. The zero-order chi connectivity index (χ0) is 17.4. The Morgan fingerprint density at radius 3 is 2.42 bits per heavy atom. The van der Waals surface area contributed by atoms with Gasteiger partial charge in [-0.3, -0.25) is 4.90 Å². The van der Waals surface area contributed by atoms with Gasteiger partial charge >= 0.3 is 0 Å². The molecule has 0 bridgehead atoms. The van der Waals surface area contributed by atoms with Crippen LogP contribution in [0.25, 0.3) is 0 Å². The van der Waals surface area contributed by atoms with Crippen molar-refractivity contribution in [2.45, 2.75) is 26.6 Å². The molecule has 0 aliphatic heterocycles. The minimum absolute atomic E-state index is 0.0530. The maximum atomic E-state index is 13.0. The second-order valence-corrected chi connectivity index (χ2v) is 5.62. The van der Waals surface area contributed by atoms with Crippen molar-refractivity contribution < 1.29 is 14.2 Å². The molecule has 0 radical (unpaired) electrons. The van der Waals surface area contributed by atoms with E-state index in [1.807, 2.05) is 31.2 Å². The molecule has 0 saturated heterocycles. The van der Waals surface area contributed by atoms with Crippen molar-refractivity contribution in [1.29, 1.82) is 0 Å². The molecule has 0 aliphatic carbocycles. The minimum atomic E-state index is -0.229. The number of hydrogen-bond acceptors (Lipinski definition) is 3. The number of nitrogens with zero attached hydrogens (tertiary/aromatic N) is 1. The third-order valence-electron chi connectivity index (χ3n) is 3.71. The van der Waals surface area contributed by atoms with Crippen LogP contribution >= 0.6 is 0 Å². The number of hydrogen-bond donors (Lipinski definition) is 1. The molecule has 0 heterocycles. The van der Waals surface area contributed by atoms with Crippen molar-refractivity contribution in [3.8, 4) is 5.75 Å². The van der Waals surface area contributed by atoms with Crippen LogP contribution in [0.3, 0.4) is 0 Å². The second-order valence-electron chi connectivity index (χ2n) is 5.62. The van der Waals surface area contributed by atoms with Crippen molar-refractivity contribution in [1.82, 2.24) is 4.90 Å². The van der Waals surface area contributed by atoms with Crippen LogP contribution in [0.4, 0.5) is 4.39 Å². The Balaban J connectivity index is 2.11. The Bertz CT molecular complexity index is 655. The molecule has 2 rings (SSSR count). The van der Waals surface area contributed by atoms with Gasteiger partial charge in [-0.15, -0.1) is 6.58 Å².